The van der Waals surface area contributed by atoms with Gasteiger partial charge < -0.3 is 4.57 Å². The van der Waals surface area contributed by atoms with Gasteiger partial charge in [0.15, 0.2) is 11.0 Å². The summed E-state index contributed by atoms with van der Waals surface area (Å²) >= 11 is 1.75. The van der Waals surface area contributed by atoms with Gasteiger partial charge in [-0.05, 0) is 47.7 Å². The van der Waals surface area contributed by atoms with Crippen LogP contribution in [0.1, 0.15) is 42.9 Å². The van der Waals surface area contributed by atoms with Crippen molar-refractivity contribution in [3.8, 4) is 0 Å². The highest BCUT2D eigenvalue weighted by Crippen LogP contribution is 2.29. The number of likely N-dealkylation sites (tertiary alicyclic amines) is 1. The summed E-state index contributed by atoms with van der Waals surface area (Å²) in [6, 6.07) is 10.3. The van der Waals surface area contributed by atoms with Gasteiger partial charge in [0.2, 0.25) is 0 Å². The smallest absolute Gasteiger partial charge is 0.190 e. The lowest BCUT2D eigenvalue weighted by molar-refractivity contribution is 0.193. The quantitative estimate of drug-likeness (QED) is 0.565. The molecule has 2 aromatic heterocycles. The highest BCUT2D eigenvalue weighted by Gasteiger charge is 2.26. The van der Waals surface area contributed by atoms with Gasteiger partial charge >= 0.3 is 0 Å². The molecule has 0 aliphatic carbocycles. The van der Waals surface area contributed by atoms with Crippen LogP contribution in [0.5, 0.6) is 0 Å². The summed E-state index contributed by atoms with van der Waals surface area (Å²) in [5, 5.41) is 22.1. The summed E-state index contributed by atoms with van der Waals surface area (Å²) in [6.07, 6.45) is 2.17. The summed E-state index contributed by atoms with van der Waals surface area (Å²) in [7, 11) is 2.08. The molecule has 8 nitrogen and oxygen atoms in total. The molecule has 1 aliphatic rings. The SMILES string of the molecule is CCSc1nnc(C2CCN(Cc3nnnn3Cc3ccccc3)CC2)n1C. The normalized spacial score (nSPS) is 15.9. The molecule has 0 radical (unpaired) electrons. The van der Waals surface area contributed by atoms with E-state index in [9.17, 15) is 0 Å². The molecular weight excluding hydrogens is 372 g/mol. The van der Waals surface area contributed by atoms with Crippen molar-refractivity contribution in [1.29, 1.82) is 0 Å². The zero-order chi connectivity index (χ0) is 19.3. The second kappa shape index (κ2) is 8.83. The molecule has 0 atom stereocenters. The lowest BCUT2D eigenvalue weighted by Crippen LogP contribution is -2.34. The monoisotopic (exact) mass is 398 g/mol. The first-order valence-corrected chi connectivity index (χ1v) is 10.8. The largest absolute Gasteiger partial charge is 0.309 e. The third kappa shape index (κ3) is 4.25. The lowest BCUT2D eigenvalue weighted by Gasteiger charge is -2.30. The number of tetrazole rings is 1. The maximum Gasteiger partial charge on any atom is 0.190 e. The fourth-order valence-electron chi connectivity index (χ4n) is 3.70. The molecule has 1 saturated heterocycles. The Morgan fingerprint density at radius 2 is 1.82 bits per heavy atom. The molecule has 9 heteroatoms. The zero-order valence-electron chi connectivity index (χ0n) is 16.4. The second-order valence-electron chi connectivity index (χ2n) is 7.12. The van der Waals surface area contributed by atoms with Crippen LogP contribution in [0.4, 0.5) is 0 Å². The van der Waals surface area contributed by atoms with Gasteiger partial charge in [0.05, 0.1) is 13.1 Å². The van der Waals surface area contributed by atoms with E-state index in [1.54, 1.807) is 11.8 Å². The molecule has 0 spiro atoms. The molecular formula is C19H26N8S. The fourth-order valence-corrected chi connectivity index (χ4v) is 4.35. The molecule has 148 valence electrons. The number of hydrogen-bond acceptors (Lipinski definition) is 7. The molecule has 4 rings (SSSR count). The van der Waals surface area contributed by atoms with Crippen LogP contribution in [0.2, 0.25) is 0 Å². The first-order chi connectivity index (χ1) is 13.7. The highest BCUT2D eigenvalue weighted by molar-refractivity contribution is 7.99. The van der Waals surface area contributed by atoms with Crippen LogP contribution in [0.25, 0.3) is 0 Å². The van der Waals surface area contributed by atoms with E-state index in [1.807, 2.05) is 22.9 Å². The van der Waals surface area contributed by atoms with Crippen LogP contribution in [-0.4, -0.2) is 58.7 Å². The van der Waals surface area contributed by atoms with Crippen molar-refractivity contribution < 1.29 is 0 Å². The molecule has 0 unspecified atom stereocenters. The van der Waals surface area contributed by atoms with Crippen LogP contribution in [0.15, 0.2) is 35.5 Å². The van der Waals surface area contributed by atoms with Crippen molar-refractivity contribution in [2.24, 2.45) is 7.05 Å². The number of thioether (sulfide) groups is 1. The highest BCUT2D eigenvalue weighted by atomic mass is 32.2. The number of rotatable bonds is 7. The molecule has 0 N–H and O–H groups in total. The summed E-state index contributed by atoms with van der Waals surface area (Å²) in [4.78, 5) is 2.43. The molecule has 1 fully saturated rings. The van der Waals surface area contributed by atoms with Gasteiger partial charge in [-0.1, -0.05) is 49.0 Å². The minimum atomic E-state index is 0.472. The average Bonchev–Trinajstić information content (AvgIpc) is 3.31. The maximum atomic E-state index is 4.46. The Morgan fingerprint density at radius 1 is 1.04 bits per heavy atom. The summed E-state index contributed by atoms with van der Waals surface area (Å²) in [5.74, 6) is 3.52. The number of benzene rings is 1. The summed E-state index contributed by atoms with van der Waals surface area (Å²) < 4.78 is 4.06. The maximum absolute atomic E-state index is 4.46. The molecule has 28 heavy (non-hydrogen) atoms. The van der Waals surface area contributed by atoms with Gasteiger partial charge in [-0.3, -0.25) is 4.90 Å². The van der Waals surface area contributed by atoms with E-state index in [0.29, 0.717) is 12.5 Å². The van der Waals surface area contributed by atoms with Crippen molar-refractivity contribution in [3.63, 3.8) is 0 Å². The predicted molar refractivity (Wildman–Crippen MR) is 108 cm³/mol. The van der Waals surface area contributed by atoms with Crippen molar-refractivity contribution in [2.75, 3.05) is 18.8 Å². The first kappa shape index (κ1) is 19.1. The Bertz CT molecular complexity index is 882. The van der Waals surface area contributed by atoms with Crippen molar-refractivity contribution in [1.82, 2.24) is 39.9 Å². The Balaban J connectivity index is 1.35. The predicted octanol–water partition coefficient (Wildman–Crippen LogP) is 2.34. The zero-order valence-corrected chi connectivity index (χ0v) is 17.2. The van der Waals surface area contributed by atoms with E-state index in [0.717, 1.165) is 55.0 Å². The van der Waals surface area contributed by atoms with Gasteiger partial charge in [0.1, 0.15) is 5.82 Å². The van der Waals surface area contributed by atoms with E-state index < -0.39 is 0 Å². The van der Waals surface area contributed by atoms with Crippen LogP contribution in [0.3, 0.4) is 0 Å². The fraction of sp³-hybridized carbons (Fsp3) is 0.526. The minimum absolute atomic E-state index is 0.472. The third-order valence-corrected chi connectivity index (χ3v) is 6.14. The first-order valence-electron chi connectivity index (χ1n) is 9.78. The average molecular weight is 399 g/mol. The third-order valence-electron chi connectivity index (χ3n) is 5.24. The van der Waals surface area contributed by atoms with E-state index in [2.05, 4.69) is 61.3 Å². The van der Waals surface area contributed by atoms with Crippen molar-refractivity contribution >= 4 is 11.8 Å². The minimum Gasteiger partial charge on any atom is -0.309 e. The Hall–Kier alpha value is -2.26. The van der Waals surface area contributed by atoms with Crippen LogP contribution in [0, 0.1) is 0 Å². The van der Waals surface area contributed by atoms with Crippen LogP contribution < -0.4 is 0 Å². The molecule has 0 amide bonds. The number of hydrogen-bond donors (Lipinski definition) is 0. The molecule has 0 bridgehead atoms. The standard InChI is InChI=1S/C19H26N8S/c1-3-28-19-22-21-18(25(19)2)16-9-11-26(12-10-16)14-17-20-23-24-27(17)13-15-7-5-4-6-8-15/h4-8,16H,3,9-14H2,1-2H3. The van der Waals surface area contributed by atoms with Crippen LogP contribution in [-0.2, 0) is 20.1 Å². The Labute approximate surface area is 169 Å². The van der Waals surface area contributed by atoms with Gasteiger partial charge in [0.25, 0.3) is 0 Å². The van der Waals surface area contributed by atoms with E-state index in [4.69, 9.17) is 0 Å². The number of piperidine rings is 1. The Kier molecular flexibility index (Phi) is 6.01. The molecule has 3 heterocycles. The van der Waals surface area contributed by atoms with Gasteiger partial charge in [0, 0.05) is 13.0 Å². The molecule has 3 aromatic rings. The van der Waals surface area contributed by atoms with E-state index >= 15 is 0 Å². The van der Waals surface area contributed by atoms with Crippen LogP contribution >= 0.6 is 11.8 Å². The summed E-state index contributed by atoms with van der Waals surface area (Å²) in [5.41, 5.74) is 1.21. The van der Waals surface area contributed by atoms with Gasteiger partial charge in [-0.15, -0.1) is 15.3 Å². The van der Waals surface area contributed by atoms with Crippen molar-refractivity contribution in [3.05, 3.63) is 47.5 Å². The van der Waals surface area contributed by atoms with E-state index in [1.165, 1.54) is 5.56 Å². The number of nitrogens with zero attached hydrogens (tertiary/aromatic N) is 8. The van der Waals surface area contributed by atoms with Gasteiger partial charge in [-0.25, -0.2) is 4.68 Å². The lowest BCUT2D eigenvalue weighted by atomic mass is 9.96. The molecule has 1 aliphatic heterocycles. The Morgan fingerprint density at radius 3 is 2.57 bits per heavy atom. The van der Waals surface area contributed by atoms with Gasteiger partial charge in [-0.2, -0.15) is 0 Å². The van der Waals surface area contributed by atoms with Crippen molar-refractivity contribution in [2.45, 2.75) is 43.9 Å². The molecule has 0 saturated carbocycles. The van der Waals surface area contributed by atoms with E-state index in [-0.39, 0.29) is 0 Å². The topological polar surface area (TPSA) is 77.6 Å². The summed E-state index contributed by atoms with van der Waals surface area (Å²) in [6.45, 7) is 5.67. The second-order valence-corrected chi connectivity index (χ2v) is 8.35. The number of aromatic nitrogens is 7. The molecule has 1 aromatic carbocycles.